The van der Waals surface area contributed by atoms with Crippen LogP contribution in [0.3, 0.4) is 0 Å². The Morgan fingerprint density at radius 3 is 2.66 bits per heavy atom. The third-order valence-electron chi connectivity index (χ3n) is 4.97. The molecular weight excluding hydrogens is 430 g/mol. The predicted molar refractivity (Wildman–Crippen MR) is 120 cm³/mol. The monoisotopic (exact) mass is 457 g/mol. The zero-order valence-corrected chi connectivity index (χ0v) is 19.5. The molecular formula is C23H27N3O5S. The standard InChI is InChI=1S/C23H27N3O5S/c1-15-12-19(16(2)26(15)10-7-11-29-4)20(27)13-30-23(28)18-8-5-6-9-21(18)32-14-22-24-17(3)25-31-22/h5-6,8-9,12H,7,10-11,13-14H2,1-4H3. The van der Waals surface area contributed by atoms with E-state index in [0.29, 0.717) is 35.2 Å². The summed E-state index contributed by atoms with van der Waals surface area (Å²) in [6, 6.07) is 8.93. The normalized spacial score (nSPS) is 11.0. The van der Waals surface area contributed by atoms with E-state index in [4.69, 9.17) is 14.0 Å². The Balaban J connectivity index is 1.62. The highest BCUT2D eigenvalue weighted by atomic mass is 32.2. The summed E-state index contributed by atoms with van der Waals surface area (Å²) >= 11 is 1.39. The van der Waals surface area contributed by atoms with Crippen LogP contribution in [0.25, 0.3) is 0 Å². The van der Waals surface area contributed by atoms with Crippen molar-refractivity contribution in [3.05, 3.63) is 64.6 Å². The van der Waals surface area contributed by atoms with Crippen LogP contribution in [0.4, 0.5) is 0 Å². The van der Waals surface area contributed by atoms with Crippen molar-refractivity contribution in [2.45, 2.75) is 44.4 Å². The molecule has 0 fully saturated rings. The third kappa shape index (κ3) is 5.86. The van der Waals surface area contributed by atoms with Crippen LogP contribution in [0.2, 0.25) is 0 Å². The fraction of sp³-hybridized carbons (Fsp3) is 0.391. The second-order valence-corrected chi connectivity index (χ2v) is 8.32. The minimum atomic E-state index is -0.544. The van der Waals surface area contributed by atoms with Crippen molar-refractivity contribution in [3.63, 3.8) is 0 Å². The average molecular weight is 458 g/mol. The Hall–Kier alpha value is -2.91. The highest BCUT2D eigenvalue weighted by Crippen LogP contribution is 2.26. The zero-order valence-electron chi connectivity index (χ0n) is 18.7. The number of thioether (sulfide) groups is 1. The van der Waals surface area contributed by atoms with Gasteiger partial charge in [-0.05, 0) is 45.4 Å². The lowest BCUT2D eigenvalue weighted by molar-refractivity contribution is 0.0471. The minimum absolute atomic E-state index is 0.226. The van der Waals surface area contributed by atoms with Crippen LogP contribution in [-0.4, -0.2) is 46.8 Å². The maximum Gasteiger partial charge on any atom is 0.339 e. The van der Waals surface area contributed by atoms with Crippen molar-refractivity contribution in [2.75, 3.05) is 20.3 Å². The molecule has 0 amide bonds. The molecule has 32 heavy (non-hydrogen) atoms. The summed E-state index contributed by atoms with van der Waals surface area (Å²) in [5.74, 6) is 0.698. The first-order valence-corrected chi connectivity index (χ1v) is 11.3. The molecule has 8 nitrogen and oxygen atoms in total. The summed E-state index contributed by atoms with van der Waals surface area (Å²) in [6.07, 6.45) is 0.854. The van der Waals surface area contributed by atoms with E-state index in [1.807, 2.05) is 32.0 Å². The molecule has 0 radical (unpaired) electrons. The molecule has 2 heterocycles. The van der Waals surface area contributed by atoms with Gasteiger partial charge >= 0.3 is 5.97 Å². The Kier molecular flexibility index (Phi) is 8.24. The number of esters is 1. The molecule has 0 aliphatic heterocycles. The maximum atomic E-state index is 12.7. The Morgan fingerprint density at radius 2 is 1.94 bits per heavy atom. The summed E-state index contributed by atoms with van der Waals surface area (Å²) in [5.41, 5.74) is 2.82. The topological polar surface area (TPSA) is 96.5 Å². The average Bonchev–Trinajstić information content (AvgIpc) is 3.33. The molecule has 170 valence electrons. The molecule has 2 aromatic heterocycles. The number of hydrogen-bond donors (Lipinski definition) is 0. The number of carbonyl (C=O) groups excluding carboxylic acids is 2. The summed E-state index contributed by atoms with van der Waals surface area (Å²) < 4.78 is 17.7. The number of nitrogens with zero attached hydrogens (tertiary/aromatic N) is 3. The Labute approximate surface area is 191 Å². The van der Waals surface area contributed by atoms with Gasteiger partial charge in [0.2, 0.25) is 11.7 Å². The lowest BCUT2D eigenvalue weighted by Gasteiger charge is -2.10. The first-order chi connectivity index (χ1) is 15.4. The molecule has 0 atom stereocenters. The second-order valence-electron chi connectivity index (χ2n) is 7.30. The van der Waals surface area contributed by atoms with Crippen LogP contribution in [0, 0.1) is 20.8 Å². The highest BCUT2D eigenvalue weighted by molar-refractivity contribution is 7.98. The fourth-order valence-electron chi connectivity index (χ4n) is 3.38. The highest BCUT2D eigenvalue weighted by Gasteiger charge is 2.19. The number of ether oxygens (including phenoxy) is 2. The zero-order chi connectivity index (χ0) is 23.1. The van der Waals surface area contributed by atoms with Crippen molar-refractivity contribution in [3.8, 4) is 0 Å². The van der Waals surface area contributed by atoms with E-state index in [2.05, 4.69) is 14.7 Å². The molecule has 0 saturated heterocycles. The van der Waals surface area contributed by atoms with Gasteiger partial charge in [0.15, 0.2) is 12.4 Å². The van der Waals surface area contributed by atoms with Gasteiger partial charge in [-0.3, -0.25) is 4.79 Å². The number of Topliss-reactive ketones (excluding diaryl/α,β-unsaturated/α-hetero) is 1. The molecule has 3 aromatic rings. The number of methoxy groups -OCH3 is 1. The number of aryl methyl sites for hydroxylation is 2. The molecule has 0 spiro atoms. The largest absolute Gasteiger partial charge is 0.454 e. The van der Waals surface area contributed by atoms with E-state index in [9.17, 15) is 9.59 Å². The summed E-state index contributed by atoms with van der Waals surface area (Å²) in [4.78, 5) is 30.3. The Morgan fingerprint density at radius 1 is 1.16 bits per heavy atom. The van der Waals surface area contributed by atoms with Crippen molar-refractivity contribution in [1.29, 1.82) is 0 Å². The van der Waals surface area contributed by atoms with Crippen LogP contribution in [0.5, 0.6) is 0 Å². The summed E-state index contributed by atoms with van der Waals surface area (Å²) in [5, 5.41) is 3.76. The molecule has 0 unspecified atom stereocenters. The molecule has 0 aliphatic carbocycles. The van der Waals surface area contributed by atoms with Crippen molar-refractivity contribution in [1.82, 2.24) is 14.7 Å². The first-order valence-electron chi connectivity index (χ1n) is 10.3. The molecule has 0 bridgehead atoms. The molecule has 0 N–H and O–H groups in total. The number of aromatic nitrogens is 3. The van der Waals surface area contributed by atoms with Gasteiger partial charge in [0.05, 0.1) is 11.3 Å². The van der Waals surface area contributed by atoms with Crippen molar-refractivity contribution < 1.29 is 23.6 Å². The second kappa shape index (κ2) is 11.1. The first kappa shape index (κ1) is 23.7. The van der Waals surface area contributed by atoms with Crippen LogP contribution in [0.15, 0.2) is 39.8 Å². The van der Waals surface area contributed by atoms with E-state index < -0.39 is 5.97 Å². The van der Waals surface area contributed by atoms with Crippen LogP contribution >= 0.6 is 11.8 Å². The number of benzene rings is 1. The number of rotatable bonds is 11. The maximum absolute atomic E-state index is 12.7. The van der Waals surface area contributed by atoms with Crippen LogP contribution in [0.1, 0.15) is 50.2 Å². The smallest absolute Gasteiger partial charge is 0.339 e. The van der Waals surface area contributed by atoms with Gasteiger partial charge in [0, 0.05) is 42.1 Å². The van der Waals surface area contributed by atoms with Gasteiger partial charge in [-0.25, -0.2) is 4.79 Å². The van der Waals surface area contributed by atoms with E-state index in [1.165, 1.54) is 11.8 Å². The lowest BCUT2D eigenvalue weighted by Crippen LogP contribution is -2.15. The molecule has 1 aromatic carbocycles. The number of ketones is 1. The molecule has 0 saturated carbocycles. The van der Waals surface area contributed by atoms with E-state index in [1.54, 1.807) is 26.2 Å². The number of carbonyl (C=O) groups is 2. The van der Waals surface area contributed by atoms with Gasteiger partial charge in [-0.2, -0.15) is 4.98 Å². The fourth-order valence-corrected chi connectivity index (χ4v) is 4.26. The van der Waals surface area contributed by atoms with E-state index in [-0.39, 0.29) is 12.4 Å². The van der Waals surface area contributed by atoms with Gasteiger partial charge in [-0.15, -0.1) is 11.8 Å². The van der Waals surface area contributed by atoms with E-state index in [0.717, 1.165) is 29.2 Å². The minimum Gasteiger partial charge on any atom is -0.454 e. The van der Waals surface area contributed by atoms with Gasteiger partial charge in [0.1, 0.15) is 0 Å². The quantitative estimate of drug-likeness (QED) is 0.183. The molecule has 9 heteroatoms. The third-order valence-corrected chi connectivity index (χ3v) is 6.02. The van der Waals surface area contributed by atoms with Crippen molar-refractivity contribution in [2.24, 2.45) is 0 Å². The van der Waals surface area contributed by atoms with Gasteiger partial charge in [-0.1, -0.05) is 17.3 Å². The molecule has 0 aliphatic rings. The van der Waals surface area contributed by atoms with Gasteiger partial charge in [0.25, 0.3) is 0 Å². The van der Waals surface area contributed by atoms with Crippen LogP contribution < -0.4 is 0 Å². The SMILES string of the molecule is COCCCn1c(C)cc(C(=O)COC(=O)c2ccccc2SCc2nc(C)no2)c1C. The Bertz CT molecular complexity index is 1090. The van der Waals surface area contributed by atoms with Gasteiger partial charge < -0.3 is 18.6 Å². The predicted octanol–water partition coefficient (Wildman–Crippen LogP) is 4.16. The van der Waals surface area contributed by atoms with Crippen LogP contribution in [-0.2, 0) is 21.8 Å². The molecule has 3 rings (SSSR count). The summed E-state index contributed by atoms with van der Waals surface area (Å²) in [6.45, 7) is 6.71. The summed E-state index contributed by atoms with van der Waals surface area (Å²) in [7, 11) is 1.67. The lowest BCUT2D eigenvalue weighted by atomic mass is 10.1. The number of hydrogen-bond acceptors (Lipinski definition) is 8. The van der Waals surface area contributed by atoms with E-state index >= 15 is 0 Å². The van der Waals surface area contributed by atoms with Crippen molar-refractivity contribution >= 4 is 23.5 Å².